The highest BCUT2D eigenvalue weighted by molar-refractivity contribution is 7.80. The molecule has 0 unspecified atom stereocenters. The molecule has 0 saturated carbocycles. The van der Waals surface area contributed by atoms with Crippen molar-refractivity contribution in [1.82, 2.24) is 5.32 Å². The number of para-hydroxylation sites is 1. The van der Waals surface area contributed by atoms with Crippen LogP contribution in [-0.2, 0) is 11.2 Å². The first-order valence-electron chi connectivity index (χ1n) is 9.63. The number of anilines is 1. The summed E-state index contributed by atoms with van der Waals surface area (Å²) in [6, 6.07) is 23.6. The normalized spacial score (nSPS) is 10.1. The van der Waals surface area contributed by atoms with Gasteiger partial charge in [-0.05, 0) is 54.2 Å². The lowest BCUT2D eigenvalue weighted by molar-refractivity contribution is 0.0602. The third kappa shape index (κ3) is 6.38. The average molecular weight is 435 g/mol. The van der Waals surface area contributed by atoms with Crippen molar-refractivity contribution in [3.63, 3.8) is 0 Å². The molecule has 7 heteroatoms. The van der Waals surface area contributed by atoms with Crippen molar-refractivity contribution in [3.8, 4) is 5.75 Å². The molecule has 0 atom stereocenters. The molecule has 3 rings (SSSR count). The Morgan fingerprint density at radius 1 is 0.903 bits per heavy atom. The van der Waals surface area contributed by atoms with Gasteiger partial charge in [-0.2, -0.15) is 0 Å². The molecule has 0 heterocycles. The summed E-state index contributed by atoms with van der Waals surface area (Å²) in [5.74, 6) is -0.191. The zero-order valence-electron chi connectivity index (χ0n) is 17.0. The van der Waals surface area contributed by atoms with Crippen molar-refractivity contribution in [3.05, 3.63) is 95.6 Å². The van der Waals surface area contributed by atoms with Crippen molar-refractivity contribution in [2.24, 2.45) is 0 Å². The Kier molecular flexibility index (Phi) is 7.73. The summed E-state index contributed by atoms with van der Waals surface area (Å²) in [5.41, 5.74) is 2.40. The van der Waals surface area contributed by atoms with Gasteiger partial charge in [0.25, 0.3) is 5.91 Å². The van der Waals surface area contributed by atoms with Gasteiger partial charge in [-0.1, -0.05) is 42.5 Å². The van der Waals surface area contributed by atoms with Crippen molar-refractivity contribution in [2.45, 2.75) is 6.42 Å². The molecule has 6 nitrogen and oxygen atoms in total. The van der Waals surface area contributed by atoms with Crippen LogP contribution in [0.15, 0.2) is 78.9 Å². The third-order valence-corrected chi connectivity index (χ3v) is 4.63. The van der Waals surface area contributed by atoms with Crippen LogP contribution < -0.4 is 15.4 Å². The maximum atomic E-state index is 12.5. The van der Waals surface area contributed by atoms with E-state index in [4.69, 9.17) is 21.7 Å². The maximum absolute atomic E-state index is 12.5. The van der Waals surface area contributed by atoms with E-state index in [-0.39, 0.29) is 11.0 Å². The fourth-order valence-electron chi connectivity index (χ4n) is 2.84. The summed E-state index contributed by atoms with van der Waals surface area (Å²) in [5, 5.41) is 5.53. The first-order valence-corrected chi connectivity index (χ1v) is 10.0. The van der Waals surface area contributed by atoms with Gasteiger partial charge in [-0.3, -0.25) is 10.1 Å². The number of rotatable bonds is 7. The van der Waals surface area contributed by atoms with Crippen molar-refractivity contribution in [2.75, 3.05) is 19.0 Å². The number of carbonyl (C=O) groups is 2. The Balaban J connectivity index is 1.52. The molecule has 0 fully saturated rings. The molecule has 3 aromatic rings. The molecule has 0 bridgehead atoms. The lowest BCUT2D eigenvalue weighted by Crippen LogP contribution is -2.34. The van der Waals surface area contributed by atoms with E-state index >= 15 is 0 Å². The second-order valence-electron chi connectivity index (χ2n) is 6.55. The van der Waals surface area contributed by atoms with E-state index in [0.717, 1.165) is 6.42 Å². The molecule has 0 radical (unpaired) electrons. The van der Waals surface area contributed by atoms with Crippen molar-refractivity contribution in [1.29, 1.82) is 0 Å². The standard InChI is InChI=1S/C24H22N2O4S/c1-29-23(28)20-9-5-6-10-21(20)25-24(31)26-22(27)18-11-13-19(14-12-18)30-16-15-17-7-3-2-4-8-17/h2-14H,15-16H2,1H3,(H2,25,26,27,31). The first-order chi connectivity index (χ1) is 15.1. The molecule has 158 valence electrons. The Hall–Kier alpha value is -3.71. The van der Waals surface area contributed by atoms with E-state index in [0.29, 0.717) is 29.2 Å². The number of thiocarbonyl (C=S) groups is 1. The van der Waals surface area contributed by atoms with Crippen molar-refractivity contribution >= 4 is 34.9 Å². The first kappa shape index (κ1) is 22.0. The summed E-state index contributed by atoms with van der Waals surface area (Å²) in [6.45, 7) is 0.545. The highest BCUT2D eigenvalue weighted by Gasteiger charge is 2.13. The number of hydrogen-bond acceptors (Lipinski definition) is 5. The lowest BCUT2D eigenvalue weighted by atomic mass is 10.2. The van der Waals surface area contributed by atoms with E-state index in [9.17, 15) is 9.59 Å². The lowest BCUT2D eigenvalue weighted by Gasteiger charge is -2.12. The molecule has 31 heavy (non-hydrogen) atoms. The monoisotopic (exact) mass is 434 g/mol. The van der Waals surface area contributed by atoms with Gasteiger partial charge in [0.05, 0.1) is 25.0 Å². The smallest absolute Gasteiger partial charge is 0.339 e. The number of ether oxygens (including phenoxy) is 2. The van der Waals surface area contributed by atoms with Gasteiger partial charge < -0.3 is 14.8 Å². The Morgan fingerprint density at radius 3 is 2.29 bits per heavy atom. The number of benzene rings is 3. The van der Waals surface area contributed by atoms with E-state index < -0.39 is 5.97 Å². The molecular weight excluding hydrogens is 412 g/mol. The van der Waals surface area contributed by atoms with Crippen LogP contribution >= 0.6 is 12.2 Å². The highest BCUT2D eigenvalue weighted by atomic mass is 32.1. The molecular formula is C24H22N2O4S. The van der Waals surface area contributed by atoms with E-state index in [1.807, 2.05) is 18.2 Å². The van der Waals surface area contributed by atoms with Gasteiger partial charge in [0, 0.05) is 12.0 Å². The summed E-state index contributed by atoms with van der Waals surface area (Å²) >= 11 is 5.20. The van der Waals surface area contributed by atoms with E-state index in [1.54, 1.807) is 48.5 Å². The van der Waals surface area contributed by atoms with Crippen molar-refractivity contribution < 1.29 is 19.1 Å². The molecule has 0 aliphatic rings. The molecule has 0 spiro atoms. The van der Waals surface area contributed by atoms with Gasteiger partial charge in [-0.25, -0.2) is 4.79 Å². The average Bonchev–Trinajstić information content (AvgIpc) is 2.80. The second kappa shape index (κ2) is 10.9. The molecule has 3 aromatic carbocycles. The number of hydrogen-bond donors (Lipinski definition) is 2. The zero-order chi connectivity index (χ0) is 22.1. The topological polar surface area (TPSA) is 76.7 Å². The molecule has 1 amide bonds. The summed E-state index contributed by atoms with van der Waals surface area (Å²) in [7, 11) is 1.30. The van der Waals surface area contributed by atoms with Gasteiger partial charge in [0.2, 0.25) is 0 Å². The number of esters is 1. The van der Waals surface area contributed by atoms with Crippen LogP contribution in [0.4, 0.5) is 5.69 Å². The number of methoxy groups -OCH3 is 1. The van der Waals surface area contributed by atoms with Gasteiger partial charge >= 0.3 is 5.97 Å². The maximum Gasteiger partial charge on any atom is 0.339 e. The summed E-state index contributed by atoms with van der Waals surface area (Å²) < 4.78 is 10.5. The number of carbonyl (C=O) groups excluding carboxylic acids is 2. The Morgan fingerprint density at radius 2 is 1.58 bits per heavy atom. The molecule has 0 aliphatic heterocycles. The summed E-state index contributed by atoms with van der Waals surface area (Å²) in [4.78, 5) is 24.3. The van der Waals surface area contributed by atoms with Crippen LogP contribution in [0.5, 0.6) is 5.75 Å². The van der Waals surface area contributed by atoms with Gasteiger partial charge in [-0.15, -0.1) is 0 Å². The van der Waals surface area contributed by atoms with Crippen LogP contribution in [0.2, 0.25) is 0 Å². The quantitative estimate of drug-likeness (QED) is 0.428. The second-order valence-corrected chi connectivity index (χ2v) is 6.96. The van der Waals surface area contributed by atoms with Gasteiger partial charge in [0.1, 0.15) is 5.75 Å². The van der Waals surface area contributed by atoms with Crippen LogP contribution in [0.1, 0.15) is 26.3 Å². The molecule has 0 aliphatic carbocycles. The molecule has 0 aromatic heterocycles. The van der Waals surface area contributed by atoms with Crippen LogP contribution in [0, 0.1) is 0 Å². The predicted octanol–water partition coefficient (Wildman–Crippen LogP) is 4.22. The van der Waals surface area contributed by atoms with Crippen LogP contribution in [-0.4, -0.2) is 30.7 Å². The number of amides is 1. The SMILES string of the molecule is COC(=O)c1ccccc1NC(=S)NC(=O)c1ccc(OCCc2ccccc2)cc1. The molecule has 2 N–H and O–H groups in total. The predicted molar refractivity (Wildman–Crippen MR) is 124 cm³/mol. The fourth-order valence-corrected chi connectivity index (χ4v) is 3.05. The van der Waals surface area contributed by atoms with E-state index in [1.165, 1.54) is 12.7 Å². The Labute approximate surface area is 186 Å². The minimum Gasteiger partial charge on any atom is -0.493 e. The van der Waals surface area contributed by atoms with Gasteiger partial charge in [0.15, 0.2) is 5.11 Å². The minimum atomic E-state index is -0.500. The van der Waals surface area contributed by atoms with Crippen LogP contribution in [0.3, 0.4) is 0 Å². The van der Waals surface area contributed by atoms with E-state index in [2.05, 4.69) is 22.8 Å². The highest BCUT2D eigenvalue weighted by Crippen LogP contribution is 2.16. The molecule has 0 saturated heterocycles. The van der Waals surface area contributed by atoms with Crippen LogP contribution in [0.25, 0.3) is 0 Å². The Bertz CT molecular complexity index is 1050. The zero-order valence-corrected chi connectivity index (χ0v) is 17.8. The largest absolute Gasteiger partial charge is 0.493 e. The summed E-state index contributed by atoms with van der Waals surface area (Å²) in [6.07, 6.45) is 0.802. The number of nitrogens with one attached hydrogen (secondary N) is 2. The minimum absolute atomic E-state index is 0.0736. The third-order valence-electron chi connectivity index (χ3n) is 4.43. The fraction of sp³-hybridized carbons (Fsp3) is 0.125.